The Morgan fingerprint density at radius 2 is 0.789 bits per heavy atom. The molecule has 0 heterocycles. The molecule has 0 saturated heterocycles. The fourth-order valence-electron chi connectivity index (χ4n) is 3.15. The van der Waals surface area contributed by atoms with E-state index in [0.717, 1.165) is 0 Å². The van der Waals surface area contributed by atoms with Gasteiger partial charge in [0.2, 0.25) is 0 Å². The van der Waals surface area contributed by atoms with Crippen molar-refractivity contribution in [2.75, 3.05) is 0 Å². The first kappa shape index (κ1) is 14.8. The normalized spacial score (nSPS) is 10.4. The zero-order valence-electron chi connectivity index (χ0n) is 13.0. The van der Waals surface area contributed by atoms with Gasteiger partial charge in [-0.3, -0.25) is 0 Å². The van der Waals surface area contributed by atoms with Gasteiger partial charge in [0.25, 0.3) is 0 Å². The van der Waals surface area contributed by atoms with Crippen molar-refractivity contribution in [2.24, 2.45) is 0 Å². The third kappa shape index (κ3) is 3.28. The molecule has 2 aromatic carbocycles. The third-order valence-corrected chi connectivity index (χ3v) is 12.4. The maximum atomic E-state index is 2.35. The Hall–Kier alpha value is -0.638. The van der Waals surface area contributed by atoms with Crippen LogP contribution in [0.1, 0.15) is 33.4 Å². The summed E-state index contributed by atoms with van der Waals surface area (Å²) < 4.78 is 3.39. The van der Waals surface area contributed by atoms with Gasteiger partial charge in [-0.05, 0) is 0 Å². The van der Waals surface area contributed by atoms with Crippen molar-refractivity contribution < 1.29 is 24.2 Å². The Balaban J connectivity index is 2.48. The van der Waals surface area contributed by atoms with E-state index in [-0.39, 0.29) is 0 Å². The van der Waals surface area contributed by atoms with Crippen molar-refractivity contribution in [1.82, 2.24) is 0 Å². The van der Waals surface area contributed by atoms with Gasteiger partial charge in [0.05, 0.1) is 0 Å². The summed E-state index contributed by atoms with van der Waals surface area (Å²) >= 11 is -1.12. The molecule has 0 aliphatic heterocycles. The predicted molar refractivity (Wildman–Crippen MR) is 80.6 cm³/mol. The number of hydrogen-bond donors (Lipinski definition) is 0. The molecule has 0 N–H and O–H groups in total. The topological polar surface area (TPSA) is 0 Å². The van der Waals surface area contributed by atoms with E-state index in [1.165, 1.54) is 33.4 Å². The molecule has 0 amide bonds. The fourth-order valence-corrected chi connectivity index (χ4v) is 8.51. The van der Waals surface area contributed by atoms with Crippen LogP contribution in [0.5, 0.6) is 0 Å². The van der Waals surface area contributed by atoms with Gasteiger partial charge in [-0.1, -0.05) is 0 Å². The molecule has 0 fully saturated rings. The van der Waals surface area contributed by atoms with Crippen molar-refractivity contribution in [2.45, 2.75) is 41.5 Å². The SMILES string of the molecule is Cc1cc(C)[c]([Cd][c]2c(C)cc(C)cc2C)c(C)c1. The monoisotopic (exact) mass is 352 g/mol. The Morgan fingerprint density at radius 3 is 1.05 bits per heavy atom. The van der Waals surface area contributed by atoms with Gasteiger partial charge < -0.3 is 0 Å². The van der Waals surface area contributed by atoms with E-state index >= 15 is 0 Å². The fraction of sp³-hybridized carbons (Fsp3) is 0.333. The molecule has 2 aromatic rings. The minimum atomic E-state index is -1.12. The molecule has 0 bridgehead atoms. The van der Waals surface area contributed by atoms with Crippen LogP contribution < -0.4 is 6.25 Å². The average molecular weight is 351 g/mol. The Morgan fingerprint density at radius 1 is 0.526 bits per heavy atom. The number of aryl methyl sites for hydroxylation is 6. The standard InChI is InChI=1S/2C9H11.Cd/c2*1-7-4-8(2)6-9(3)5-7;/h2*4-5H,1-3H3;. The van der Waals surface area contributed by atoms with Crippen molar-refractivity contribution >= 4 is 6.25 Å². The Labute approximate surface area is 129 Å². The van der Waals surface area contributed by atoms with Crippen LogP contribution in [-0.4, -0.2) is 0 Å². The van der Waals surface area contributed by atoms with Crippen LogP contribution >= 0.6 is 0 Å². The van der Waals surface area contributed by atoms with Crippen molar-refractivity contribution in [3.05, 3.63) is 57.6 Å². The maximum absolute atomic E-state index is 2.35. The number of rotatable bonds is 2. The summed E-state index contributed by atoms with van der Waals surface area (Å²) in [4.78, 5) is 0. The molecule has 0 nitrogen and oxygen atoms in total. The second-order valence-electron chi connectivity index (χ2n) is 5.93. The molecule has 1 heteroatoms. The van der Waals surface area contributed by atoms with Crippen LogP contribution in [0.3, 0.4) is 0 Å². The van der Waals surface area contributed by atoms with Crippen LogP contribution in [0.4, 0.5) is 0 Å². The molecule has 0 aliphatic rings. The molecule has 0 spiro atoms. The van der Waals surface area contributed by atoms with E-state index < -0.39 is 24.2 Å². The Bertz CT molecular complexity index is 522. The van der Waals surface area contributed by atoms with Crippen LogP contribution in [0.2, 0.25) is 0 Å². The van der Waals surface area contributed by atoms with Gasteiger partial charge in [0.1, 0.15) is 0 Å². The molecular formula is C18H22Cd. The molecule has 0 atom stereocenters. The Kier molecular flexibility index (Phi) is 4.49. The van der Waals surface area contributed by atoms with Crippen molar-refractivity contribution in [3.63, 3.8) is 0 Å². The molecule has 0 saturated carbocycles. The molecular weight excluding hydrogens is 329 g/mol. The molecule has 0 unspecified atom stereocenters. The minimum absolute atomic E-state index is 1.12. The molecule has 96 valence electrons. The first-order chi connectivity index (χ1) is 8.88. The number of hydrogen-bond acceptors (Lipinski definition) is 0. The van der Waals surface area contributed by atoms with E-state index in [1.807, 2.05) is 0 Å². The predicted octanol–water partition coefficient (Wildman–Crippen LogP) is 3.57. The van der Waals surface area contributed by atoms with Crippen molar-refractivity contribution in [3.8, 4) is 0 Å². The van der Waals surface area contributed by atoms with Gasteiger partial charge in [-0.2, -0.15) is 0 Å². The van der Waals surface area contributed by atoms with E-state index in [9.17, 15) is 0 Å². The summed E-state index contributed by atoms with van der Waals surface area (Å²) in [5.74, 6) is 0. The van der Waals surface area contributed by atoms with Crippen LogP contribution in [-0.2, 0) is 24.2 Å². The average Bonchev–Trinajstić information content (AvgIpc) is 2.25. The molecule has 0 radical (unpaired) electrons. The van der Waals surface area contributed by atoms with E-state index in [1.54, 1.807) is 6.25 Å². The second-order valence-corrected chi connectivity index (χ2v) is 11.0. The zero-order valence-corrected chi connectivity index (χ0v) is 17.1. The molecule has 2 rings (SSSR count). The van der Waals surface area contributed by atoms with Crippen molar-refractivity contribution in [1.29, 1.82) is 0 Å². The van der Waals surface area contributed by atoms with E-state index in [4.69, 9.17) is 0 Å². The summed E-state index contributed by atoms with van der Waals surface area (Å²) in [6.45, 7) is 13.5. The van der Waals surface area contributed by atoms with E-state index in [2.05, 4.69) is 65.8 Å². The van der Waals surface area contributed by atoms with Gasteiger partial charge >= 0.3 is 130 Å². The quantitative estimate of drug-likeness (QED) is 0.726. The summed E-state index contributed by atoms with van der Waals surface area (Å²) in [5.41, 5.74) is 8.81. The first-order valence-electron chi connectivity index (χ1n) is 7.02. The first-order valence-corrected chi connectivity index (χ1v) is 11.1. The number of benzene rings is 2. The van der Waals surface area contributed by atoms with Crippen LogP contribution in [0.25, 0.3) is 0 Å². The van der Waals surface area contributed by atoms with Gasteiger partial charge in [0, 0.05) is 0 Å². The van der Waals surface area contributed by atoms with Crippen LogP contribution in [0.15, 0.2) is 24.3 Å². The summed E-state index contributed by atoms with van der Waals surface area (Å²) in [7, 11) is 0. The van der Waals surface area contributed by atoms with Crippen LogP contribution in [0, 0.1) is 41.5 Å². The molecule has 0 aliphatic carbocycles. The zero-order chi connectivity index (χ0) is 14.2. The summed E-state index contributed by atoms with van der Waals surface area (Å²) in [6.07, 6.45) is 0. The van der Waals surface area contributed by atoms with Gasteiger partial charge in [-0.15, -0.1) is 0 Å². The molecule has 19 heavy (non-hydrogen) atoms. The summed E-state index contributed by atoms with van der Waals surface area (Å²) in [6, 6.07) is 9.38. The third-order valence-electron chi connectivity index (χ3n) is 4.03. The van der Waals surface area contributed by atoms with E-state index in [0.29, 0.717) is 0 Å². The summed E-state index contributed by atoms with van der Waals surface area (Å²) in [5, 5.41) is 0. The molecule has 0 aromatic heterocycles. The van der Waals surface area contributed by atoms with Gasteiger partial charge in [0.15, 0.2) is 0 Å². The second kappa shape index (κ2) is 5.78. The van der Waals surface area contributed by atoms with Gasteiger partial charge in [-0.25, -0.2) is 0 Å².